The fraction of sp³-hybridized carbons (Fsp3) is 0.200. The third kappa shape index (κ3) is 4.20. The van der Waals surface area contributed by atoms with E-state index in [1.54, 1.807) is 6.07 Å². The van der Waals surface area contributed by atoms with Gasteiger partial charge >= 0.3 is 0 Å². The van der Waals surface area contributed by atoms with Crippen molar-refractivity contribution in [2.45, 2.75) is 6.42 Å². The van der Waals surface area contributed by atoms with Gasteiger partial charge in [-0.25, -0.2) is 4.39 Å². The molecule has 0 bridgehead atoms. The van der Waals surface area contributed by atoms with E-state index < -0.39 is 0 Å². The highest BCUT2D eigenvalue weighted by molar-refractivity contribution is 6.30. The van der Waals surface area contributed by atoms with Crippen LogP contribution in [0.2, 0.25) is 5.02 Å². The zero-order chi connectivity index (χ0) is 13.0. The van der Waals surface area contributed by atoms with Crippen molar-refractivity contribution in [3.8, 4) is 11.1 Å². The van der Waals surface area contributed by atoms with Crippen LogP contribution in [0.3, 0.4) is 0 Å². The smallest absolute Gasteiger partial charge is 0.142 e. The largest absolute Gasteiger partial charge is 0.319 e. The van der Waals surface area contributed by atoms with Crippen LogP contribution in [0.25, 0.3) is 11.1 Å². The van der Waals surface area contributed by atoms with Gasteiger partial charge in [-0.15, -0.1) is 12.4 Å². The Morgan fingerprint density at radius 1 is 1.11 bits per heavy atom. The van der Waals surface area contributed by atoms with Crippen molar-refractivity contribution in [1.82, 2.24) is 5.32 Å². The molecule has 0 amide bonds. The third-order valence-electron chi connectivity index (χ3n) is 2.84. The maximum absolute atomic E-state index is 13.4. The Kier molecular flexibility index (Phi) is 6.29. The molecular weight excluding hydrogens is 284 g/mol. The van der Waals surface area contributed by atoms with Crippen molar-refractivity contribution >= 4 is 24.0 Å². The van der Waals surface area contributed by atoms with E-state index in [1.807, 2.05) is 25.2 Å². The van der Waals surface area contributed by atoms with E-state index in [2.05, 4.69) is 17.4 Å². The molecule has 0 aliphatic heterocycles. The normalized spacial score (nSPS) is 10.1. The molecule has 0 saturated carbocycles. The molecule has 0 aliphatic rings. The fourth-order valence-electron chi connectivity index (χ4n) is 1.85. The van der Waals surface area contributed by atoms with Crippen molar-refractivity contribution in [2.75, 3.05) is 13.6 Å². The highest BCUT2D eigenvalue weighted by Gasteiger charge is 2.04. The summed E-state index contributed by atoms with van der Waals surface area (Å²) in [5, 5.41) is 3.27. The van der Waals surface area contributed by atoms with E-state index >= 15 is 0 Å². The van der Waals surface area contributed by atoms with Gasteiger partial charge in [0.15, 0.2) is 0 Å². The van der Waals surface area contributed by atoms with Gasteiger partial charge in [0.2, 0.25) is 0 Å². The summed E-state index contributed by atoms with van der Waals surface area (Å²) >= 11 is 5.68. The monoisotopic (exact) mass is 299 g/mol. The van der Waals surface area contributed by atoms with Gasteiger partial charge in [0, 0.05) is 0 Å². The standard InChI is InChI=1S/C15H15ClFN.ClH/c1-18-8-7-11-3-2-4-12(9-11)13-5-6-14(16)15(17)10-13;/h2-6,9-10,18H,7-8H2,1H3;1H. The summed E-state index contributed by atoms with van der Waals surface area (Å²) in [6, 6.07) is 13.0. The minimum atomic E-state index is -0.380. The highest BCUT2D eigenvalue weighted by atomic mass is 35.5. The van der Waals surface area contributed by atoms with Crippen LogP contribution in [-0.2, 0) is 6.42 Å². The molecule has 0 radical (unpaired) electrons. The van der Waals surface area contributed by atoms with Gasteiger partial charge in [0.25, 0.3) is 0 Å². The number of likely N-dealkylation sites (N-methyl/N-ethyl adjacent to an activating group) is 1. The number of hydrogen-bond donors (Lipinski definition) is 1. The Morgan fingerprint density at radius 2 is 1.84 bits per heavy atom. The maximum atomic E-state index is 13.4. The lowest BCUT2D eigenvalue weighted by atomic mass is 10.0. The molecule has 0 aliphatic carbocycles. The van der Waals surface area contributed by atoms with Gasteiger partial charge < -0.3 is 5.32 Å². The average Bonchev–Trinajstić information content (AvgIpc) is 2.40. The number of nitrogens with one attached hydrogen (secondary N) is 1. The summed E-state index contributed by atoms with van der Waals surface area (Å²) in [6.45, 7) is 0.929. The molecule has 102 valence electrons. The molecule has 2 rings (SSSR count). The van der Waals surface area contributed by atoms with Crippen LogP contribution in [0.5, 0.6) is 0 Å². The van der Waals surface area contributed by atoms with Crippen LogP contribution in [0.4, 0.5) is 4.39 Å². The first-order valence-corrected chi connectivity index (χ1v) is 6.27. The molecule has 4 heteroatoms. The molecule has 0 spiro atoms. The number of benzene rings is 2. The van der Waals surface area contributed by atoms with E-state index in [4.69, 9.17) is 11.6 Å². The van der Waals surface area contributed by atoms with Crippen LogP contribution < -0.4 is 5.32 Å². The van der Waals surface area contributed by atoms with Crippen molar-refractivity contribution < 1.29 is 4.39 Å². The summed E-state index contributed by atoms with van der Waals surface area (Å²) in [5.74, 6) is -0.380. The highest BCUT2D eigenvalue weighted by Crippen LogP contribution is 2.25. The second-order valence-electron chi connectivity index (χ2n) is 4.18. The molecule has 0 fully saturated rings. The molecule has 0 atom stereocenters. The SMILES string of the molecule is CNCCc1cccc(-c2ccc(Cl)c(F)c2)c1.Cl. The van der Waals surface area contributed by atoms with E-state index in [9.17, 15) is 4.39 Å². The molecule has 0 heterocycles. The lowest BCUT2D eigenvalue weighted by Gasteiger charge is -2.06. The van der Waals surface area contributed by atoms with E-state index in [-0.39, 0.29) is 23.2 Å². The molecular formula is C15H16Cl2FN. The lowest BCUT2D eigenvalue weighted by molar-refractivity contribution is 0.629. The molecule has 1 N–H and O–H groups in total. The second kappa shape index (κ2) is 7.49. The fourth-order valence-corrected chi connectivity index (χ4v) is 1.97. The zero-order valence-electron chi connectivity index (χ0n) is 10.6. The van der Waals surface area contributed by atoms with Crippen LogP contribution in [0.1, 0.15) is 5.56 Å². The van der Waals surface area contributed by atoms with E-state index in [1.165, 1.54) is 11.6 Å². The van der Waals surface area contributed by atoms with Crippen LogP contribution >= 0.6 is 24.0 Å². The predicted octanol–water partition coefficient (Wildman–Crippen LogP) is 4.33. The third-order valence-corrected chi connectivity index (χ3v) is 3.15. The van der Waals surface area contributed by atoms with Crippen LogP contribution in [0, 0.1) is 5.82 Å². The number of hydrogen-bond acceptors (Lipinski definition) is 1. The first-order valence-electron chi connectivity index (χ1n) is 5.89. The topological polar surface area (TPSA) is 12.0 Å². The maximum Gasteiger partial charge on any atom is 0.142 e. The Hall–Kier alpha value is -1.09. The summed E-state index contributed by atoms with van der Waals surface area (Å²) in [4.78, 5) is 0. The molecule has 0 aromatic heterocycles. The van der Waals surface area contributed by atoms with Gasteiger partial charge in [0.05, 0.1) is 5.02 Å². The summed E-state index contributed by atoms with van der Waals surface area (Å²) < 4.78 is 13.4. The molecule has 2 aromatic rings. The first-order chi connectivity index (χ1) is 8.70. The number of rotatable bonds is 4. The molecule has 2 aromatic carbocycles. The van der Waals surface area contributed by atoms with Crippen molar-refractivity contribution in [1.29, 1.82) is 0 Å². The van der Waals surface area contributed by atoms with Crippen molar-refractivity contribution in [2.24, 2.45) is 0 Å². The Morgan fingerprint density at radius 3 is 2.53 bits per heavy atom. The Bertz CT molecular complexity index is 543. The van der Waals surface area contributed by atoms with Gasteiger partial charge in [-0.1, -0.05) is 41.9 Å². The summed E-state index contributed by atoms with van der Waals surface area (Å²) in [7, 11) is 1.93. The van der Waals surface area contributed by atoms with Crippen molar-refractivity contribution in [3.05, 3.63) is 58.9 Å². The van der Waals surface area contributed by atoms with Crippen LogP contribution in [-0.4, -0.2) is 13.6 Å². The van der Waals surface area contributed by atoms with Gasteiger partial charge in [-0.05, 0) is 48.8 Å². The lowest BCUT2D eigenvalue weighted by Crippen LogP contribution is -2.10. The van der Waals surface area contributed by atoms with Crippen LogP contribution in [0.15, 0.2) is 42.5 Å². The van der Waals surface area contributed by atoms with E-state index in [0.717, 1.165) is 24.1 Å². The minimum absolute atomic E-state index is 0. The molecule has 1 nitrogen and oxygen atoms in total. The minimum Gasteiger partial charge on any atom is -0.319 e. The average molecular weight is 300 g/mol. The number of halogens is 3. The van der Waals surface area contributed by atoms with Crippen molar-refractivity contribution in [3.63, 3.8) is 0 Å². The quantitative estimate of drug-likeness (QED) is 0.886. The molecule has 0 unspecified atom stereocenters. The Labute approximate surface area is 124 Å². The Balaban J connectivity index is 0.00000180. The summed E-state index contributed by atoms with van der Waals surface area (Å²) in [5.41, 5.74) is 3.10. The van der Waals surface area contributed by atoms with Gasteiger partial charge in [-0.3, -0.25) is 0 Å². The first kappa shape index (κ1) is 16.0. The second-order valence-corrected chi connectivity index (χ2v) is 4.59. The predicted molar refractivity (Wildman–Crippen MR) is 81.7 cm³/mol. The molecule has 19 heavy (non-hydrogen) atoms. The van der Waals surface area contributed by atoms with Gasteiger partial charge in [-0.2, -0.15) is 0 Å². The zero-order valence-corrected chi connectivity index (χ0v) is 12.2. The van der Waals surface area contributed by atoms with E-state index in [0.29, 0.717) is 0 Å². The molecule has 0 saturated heterocycles. The van der Waals surface area contributed by atoms with Gasteiger partial charge in [0.1, 0.15) is 5.82 Å². The summed E-state index contributed by atoms with van der Waals surface area (Å²) in [6.07, 6.45) is 0.959.